The van der Waals surface area contributed by atoms with E-state index in [0.717, 1.165) is 173 Å². The van der Waals surface area contributed by atoms with Crippen LogP contribution in [-0.2, 0) is 71.0 Å². The number of amides is 2. The first-order valence-corrected chi connectivity index (χ1v) is 57.4. The van der Waals surface area contributed by atoms with Gasteiger partial charge in [-0.2, -0.15) is 0 Å². The lowest BCUT2D eigenvalue weighted by Crippen LogP contribution is -2.67. The predicted octanol–water partition coefficient (Wildman–Crippen LogP) is 26.6. The maximum Gasteiger partial charge on any atom is 0.470 e. The number of hydrogen-bond donors (Lipinski definition) is 8. The Morgan fingerprint density at radius 3 is 0.962 bits per heavy atom. The molecule has 2 aliphatic heterocycles. The van der Waals surface area contributed by atoms with E-state index in [1.807, 2.05) is 0 Å². The Bertz CT molecular complexity index is 2730. The monoisotopic (exact) mass is 1900 g/mol. The van der Waals surface area contributed by atoms with Gasteiger partial charge in [0, 0.05) is 12.8 Å². The van der Waals surface area contributed by atoms with Crippen molar-refractivity contribution in [2.75, 3.05) is 19.8 Å². The summed E-state index contributed by atoms with van der Waals surface area (Å²) in [5.74, 6) is -4.12. The molecule has 13 atom stereocenters. The zero-order chi connectivity index (χ0) is 96.2. The highest BCUT2D eigenvalue weighted by Crippen LogP contribution is 2.43. The Kier molecular flexibility index (Phi) is 83.0. The number of nitrogens with one attached hydrogen (secondary N) is 2. The number of unbranched alkanes of at least 4 members (excludes halogenated alkanes) is 64. The van der Waals surface area contributed by atoms with Gasteiger partial charge in [-0.1, -0.05) is 465 Å². The van der Waals surface area contributed by atoms with Crippen molar-refractivity contribution in [1.82, 2.24) is 10.6 Å². The van der Waals surface area contributed by atoms with Crippen molar-refractivity contribution in [3.63, 3.8) is 0 Å². The van der Waals surface area contributed by atoms with Gasteiger partial charge < -0.3 is 74.0 Å². The zero-order valence-electron chi connectivity index (χ0n) is 85.4. The third-order valence-electron chi connectivity index (χ3n) is 27.1. The molecule has 2 heterocycles. The summed E-state index contributed by atoms with van der Waals surface area (Å²) >= 11 is 0. The van der Waals surface area contributed by atoms with Crippen LogP contribution in [0.25, 0.3) is 0 Å². The summed E-state index contributed by atoms with van der Waals surface area (Å²) in [6, 6.07) is -2.93. The summed E-state index contributed by atoms with van der Waals surface area (Å²) in [6.45, 7) is 11.3. The van der Waals surface area contributed by atoms with Crippen LogP contribution in [0.4, 0.5) is 0 Å². The SMILES string of the molecule is CCCCCCCCCCCCCCCC(=O)O[C@H](CCCCCCCCCCCCC)CC(=O)N[C@H]1C(OC(=O)C[C@@H](CCCCCCCCCCCCC)OC(=O)CCCCCCCCCCCCCCC)[C@H](OP(=O)(O)O)C(CO)O[C@H]1OCC1OCC(NC(=O)C[C@H](O)CCCCCCCCCCCCC)[C@@H](OC(=O)C[C@H](O)CCCCCCCCCCCCC)[C@@H]1O. The molecule has 2 saturated heterocycles. The van der Waals surface area contributed by atoms with Crippen LogP contribution < -0.4 is 10.6 Å². The van der Waals surface area contributed by atoms with Gasteiger partial charge in [0.15, 0.2) is 18.5 Å². The van der Waals surface area contributed by atoms with Gasteiger partial charge in [0.25, 0.3) is 0 Å². The predicted molar refractivity (Wildman–Crippen MR) is 533 cm³/mol. The lowest BCUT2D eigenvalue weighted by Gasteiger charge is -2.46. The number of phosphoric ester groups is 1. The van der Waals surface area contributed by atoms with Gasteiger partial charge in [0.2, 0.25) is 11.8 Å². The minimum Gasteiger partial charge on any atom is -0.462 e. The Morgan fingerprint density at radius 2 is 0.629 bits per heavy atom. The molecule has 4 unspecified atom stereocenters. The second-order valence-corrected chi connectivity index (χ2v) is 41.0. The summed E-state index contributed by atoms with van der Waals surface area (Å²) in [4.78, 5) is 108. The maximum absolute atomic E-state index is 15.3. The van der Waals surface area contributed by atoms with Crippen molar-refractivity contribution in [2.24, 2.45) is 0 Å². The van der Waals surface area contributed by atoms with E-state index >= 15 is 9.59 Å². The van der Waals surface area contributed by atoms with E-state index in [2.05, 4.69) is 52.2 Å². The highest BCUT2D eigenvalue weighted by molar-refractivity contribution is 7.46. The molecule has 8 N–H and O–H groups in total. The fraction of sp³-hybridized carbons (Fsp3) is 0.944. The van der Waals surface area contributed by atoms with Crippen LogP contribution in [0.5, 0.6) is 0 Å². The number of phosphoric acid groups is 1. The average molecular weight is 1900 g/mol. The number of ether oxygens (including phenoxy) is 7. The van der Waals surface area contributed by atoms with Crippen LogP contribution in [0, 0.1) is 0 Å². The lowest BCUT2D eigenvalue weighted by molar-refractivity contribution is -0.282. The highest BCUT2D eigenvalue weighted by Gasteiger charge is 2.53. The fourth-order valence-corrected chi connectivity index (χ4v) is 19.4. The number of aliphatic hydroxyl groups excluding tert-OH is 4. The number of aliphatic hydroxyl groups is 4. The molecule has 0 radical (unpaired) electrons. The first-order chi connectivity index (χ1) is 64.2. The molecular formula is C108H205N2O21P. The first kappa shape index (κ1) is 125. The van der Waals surface area contributed by atoms with Crippen LogP contribution in [0.15, 0.2) is 0 Å². The molecule has 0 aliphatic carbocycles. The van der Waals surface area contributed by atoms with Gasteiger partial charge in [0.05, 0.1) is 63.8 Å². The van der Waals surface area contributed by atoms with Gasteiger partial charge in [-0.05, 0) is 51.4 Å². The van der Waals surface area contributed by atoms with E-state index in [-0.39, 0.29) is 25.9 Å². The maximum atomic E-state index is 15.3. The standard InChI is InChI=1S/C108H205N2O21P/c1-7-13-19-25-31-37-43-45-51-57-63-69-75-81-99(116)126-92(79-73-67-61-55-49-41-35-29-23-17-11-5)85-98(115)110-103-107(130-102(119)86-93(80-74-68-62-56-50-42-36-30-24-18-12-6)127-100(117)82-76-70-64-58-52-46-44-38-32-26-20-14-8-2)106(131-132(121,122)123)95(87-111)128-108(103)125-89-96-104(120)105(129-101(118)84-91(113)78-72-66-60-54-48-40-34-28-22-16-10-4)94(88-124-96)109-97(114)83-90(112)77-71-65-59-53-47-39-33-27-21-15-9-3/h90-96,103-108,111-113,120H,7-89H2,1-6H3,(H,109,114)(H,110,115)(H2,121,122,123)/t90-,91-,92-,93-,94?,95?,96?,103+,104-,105-,106-,107?,108-/m1/s1. The molecule has 0 spiro atoms. The van der Waals surface area contributed by atoms with E-state index in [0.29, 0.717) is 57.8 Å². The summed E-state index contributed by atoms with van der Waals surface area (Å²) in [5, 5.41) is 52.0. The smallest absolute Gasteiger partial charge is 0.462 e. The summed E-state index contributed by atoms with van der Waals surface area (Å²) in [7, 11) is -5.60. The lowest BCUT2D eigenvalue weighted by atomic mass is 9.95. The van der Waals surface area contributed by atoms with Crippen LogP contribution >= 0.6 is 7.82 Å². The van der Waals surface area contributed by atoms with Gasteiger partial charge in [0.1, 0.15) is 42.7 Å². The average Bonchev–Trinajstić information content (AvgIpc) is 0.779. The molecule has 2 amide bonds. The summed E-state index contributed by atoms with van der Waals surface area (Å²) in [5.41, 5.74) is 0. The Hall–Kier alpha value is -3.35. The molecule has 778 valence electrons. The first-order valence-electron chi connectivity index (χ1n) is 55.9. The minimum absolute atomic E-state index is 0.129. The molecule has 0 aromatic carbocycles. The van der Waals surface area contributed by atoms with Crippen molar-refractivity contribution < 1.29 is 101 Å². The fourth-order valence-electron chi connectivity index (χ4n) is 18.8. The molecule has 0 bridgehead atoms. The summed E-state index contributed by atoms with van der Waals surface area (Å²) < 4.78 is 62.9. The van der Waals surface area contributed by atoms with E-state index < -0.39 is 155 Å². The number of rotatable bonds is 96. The number of carbonyl (C=O) groups excluding carboxylic acids is 6. The Balaban J connectivity index is 2.70. The third-order valence-corrected chi connectivity index (χ3v) is 27.6. The second kappa shape index (κ2) is 87.9. The van der Waals surface area contributed by atoms with Crippen molar-refractivity contribution in [3.8, 4) is 0 Å². The van der Waals surface area contributed by atoms with Crippen molar-refractivity contribution in [2.45, 2.75) is 635 Å². The van der Waals surface area contributed by atoms with Crippen LogP contribution in [0.1, 0.15) is 555 Å². The molecule has 0 saturated carbocycles. The van der Waals surface area contributed by atoms with Gasteiger partial charge >= 0.3 is 31.7 Å². The molecule has 132 heavy (non-hydrogen) atoms. The number of hydrogen-bond acceptors (Lipinski definition) is 19. The molecule has 0 aromatic heterocycles. The van der Waals surface area contributed by atoms with E-state index in [1.165, 1.54) is 244 Å². The quantitative estimate of drug-likeness (QED) is 0.0121. The van der Waals surface area contributed by atoms with Gasteiger partial charge in [-0.15, -0.1) is 0 Å². The van der Waals surface area contributed by atoms with Crippen LogP contribution in [0.3, 0.4) is 0 Å². The zero-order valence-corrected chi connectivity index (χ0v) is 86.3. The molecule has 0 aromatic rings. The van der Waals surface area contributed by atoms with Crippen molar-refractivity contribution in [1.29, 1.82) is 0 Å². The molecule has 2 aliphatic rings. The Morgan fingerprint density at radius 1 is 0.341 bits per heavy atom. The van der Waals surface area contributed by atoms with E-state index in [9.17, 15) is 54.0 Å². The third kappa shape index (κ3) is 71.1. The highest BCUT2D eigenvalue weighted by atomic mass is 31.2. The molecular weight excluding hydrogens is 1690 g/mol. The minimum atomic E-state index is -5.60. The molecule has 2 rings (SSSR count). The largest absolute Gasteiger partial charge is 0.470 e. The number of carbonyl (C=O) groups is 6. The molecule has 24 heteroatoms. The number of esters is 4. The van der Waals surface area contributed by atoms with E-state index in [4.69, 9.17) is 37.7 Å². The van der Waals surface area contributed by atoms with Gasteiger partial charge in [-0.25, -0.2) is 4.57 Å². The van der Waals surface area contributed by atoms with Crippen molar-refractivity contribution >= 4 is 43.5 Å². The molecule has 23 nitrogen and oxygen atoms in total. The summed E-state index contributed by atoms with van der Waals surface area (Å²) in [6.07, 6.45) is 61.3. The van der Waals surface area contributed by atoms with Crippen LogP contribution in [-0.4, -0.2) is 165 Å². The molecule has 2 fully saturated rings. The topological polar surface area (TPSA) is 339 Å². The Labute approximate surface area is 805 Å². The van der Waals surface area contributed by atoms with Crippen molar-refractivity contribution in [3.05, 3.63) is 0 Å². The van der Waals surface area contributed by atoms with Gasteiger partial charge in [-0.3, -0.25) is 33.3 Å². The second-order valence-electron chi connectivity index (χ2n) is 39.8. The normalized spacial score (nSPS) is 19.1. The van der Waals surface area contributed by atoms with Crippen LogP contribution in [0.2, 0.25) is 0 Å². The van der Waals surface area contributed by atoms with E-state index in [1.54, 1.807) is 0 Å².